The summed E-state index contributed by atoms with van der Waals surface area (Å²) in [6.45, 7) is 7.09. The van der Waals surface area contributed by atoms with E-state index < -0.39 is 0 Å². The molecule has 4 nitrogen and oxygen atoms in total. The quantitative estimate of drug-likeness (QED) is 0.572. The van der Waals surface area contributed by atoms with Crippen LogP contribution >= 0.6 is 0 Å². The molecule has 0 aliphatic carbocycles. The Bertz CT molecular complexity index is 138. The van der Waals surface area contributed by atoms with Crippen LogP contribution in [0.3, 0.4) is 0 Å². The van der Waals surface area contributed by atoms with Crippen LogP contribution in [0.1, 0.15) is 20.8 Å². The zero-order chi connectivity index (χ0) is 9.56. The number of rotatable bonds is 4. The lowest BCUT2D eigenvalue weighted by molar-refractivity contribution is 0.234. The smallest absolute Gasteiger partial charge is 0.314 e. The molecule has 0 aromatic carbocycles. The molecular formula is C8H19N3O. The van der Waals surface area contributed by atoms with Gasteiger partial charge in [0.15, 0.2) is 0 Å². The maximum absolute atomic E-state index is 11.0. The first kappa shape index (κ1) is 11.2. The van der Waals surface area contributed by atoms with Crippen LogP contribution in [0.2, 0.25) is 0 Å². The molecule has 0 fully saturated rings. The monoisotopic (exact) mass is 173 g/mol. The highest BCUT2D eigenvalue weighted by Crippen LogP contribution is 1.98. The van der Waals surface area contributed by atoms with Crippen LogP contribution in [0, 0.1) is 5.92 Å². The van der Waals surface area contributed by atoms with Gasteiger partial charge in [-0.05, 0) is 26.3 Å². The van der Waals surface area contributed by atoms with E-state index in [1.165, 1.54) is 0 Å². The Balaban J connectivity index is 3.67. The second-order valence-corrected chi connectivity index (χ2v) is 3.01. The lowest BCUT2D eigenvalue weighted by atomic mass is 10.0. The van der Waals surface area contributed by atoms with Gasteiger partial charge < -0.3 is 16.4 Å². The fraction of sp³-hybridized carbons (Fsp3) is 0.875. The van der Waals surface area contributed by atoms with Gasteiger partial charge >= 0.3 is 6.03 Å². The van der Waals surface area contributed by atoms with Gasteiger partial charge in [0.1, 0.15) is 0 Å². The highest BCUT2D eigenvalue weighted by atomic mass is 16.2. The normalized spacial score (nSPS) is 15.0. The Morgan fingerprint density at radius 2 is 2.08 bits per heavy atom. The molecule has 0 heterocycles. The van der Waals surface area contributed by atoms with Gasteiger partial charge in [-0.2, -0.15) is 0 Å². The van der Waals surface area contributed by atoms with E-state index in [0.29, 0.717) is 19.0 Å². The van der Waals surface area contributed by atoms with E-state index in [1.807, 2.05) is 20.8 Å². The number of hydrogen-bond donors (Lipinski definition) is 3. The van der Waals surface area contributed by atoms with E-state index in [9.17, 15) is 4.79 Å². The molecule has 0 radical (unpaired) electrons. The van der Waals surface area contributed by atoms with E-state index in [-0.39, 0.29) is 12.1 Å². The summed E-state index contributed by atoms with van der Waals surface area (Å²) in [6, 6.07) is 0.00634. The SMILES string of the molecule is CCNC(=O)NC(C)C(C)CN. The molecule has 4 heteroatoms. The first-order valence-electron chi connectivity index (χ1n) is 4.36. The summed E-state index contributed by atoms with van der Waals surface area (Å²) < 4.78 is 0. The van der Waals surface area contributed by atoms with Crippen molar-refractivity contribution in [1.82, 2.24) is 10.6 Å². The average Bonchev–Trinajstić information content (AvgIpc) is 2.03. The van der Waals surface area contributed by atoms with Gasteiger partial charge in [-0.15, -0.1) is 0 Å². The molecule has 0 aromatic heterocycles. The second kappa shape index (κ2) is 5.83. The minimum absolute atomic E-state index is 0.120. The summed E-state index contributed by atoms with van der Waals surface area (Å²) in [5.41, 5.74) is 5.45. The third-order valence-electron chi connectivity index (χ3n) is 1.92. The number of nitrogens with two attached hydrogens (primary N) is 1. The number of amides is 2. The molecule has 0 aromatic rings. The molecule has 0 bridgehead atoms. The molecule has 4 N–H and O–H groups in total. The van der Waals surface area contributed by atoms with Crippen LogP contribution in [-0.4, -0.2) is 25.2 Å². The predicted molar refractivity (Wildman–Crippen MR) is 49.9 cm³/mol. The highest BCUT2D eigenvalue weighted by Gasteiger charge is 2.11. The molecule has 0 rings (SSSR count). The maximum atomic E-state index is 11.0. The summed E-state index contributed by atoms with van der Waals surface area (Å²) >= 11 is 0. The van der Waals surface area contributed by atoms with Gasteiger partial charge in [0.05, 0.1) is 0 Å². The van der Waals surface area contributed by atoms with Gasteiger partial charge in [0, 0.05) is 12.6 Å². The summed E-state index contributed by atoms with van der Waals surface area (Å²) in [4.78, 5) is 11.0. The number of nitrogens with one attached hydrogen (secondary N) is 2. The van der Waals surface area contributed by atoms with Crippen LogP contribution in [0.25, 0.3) is 0 Å². The van der Waals surface area contributed by atoms with Crippen molar-refractivity contribution in [3.63, 3.8) is 0 Å². The fourth-order valence-electron chi connectivity index (χ4n) is 0.765. The third kappa shape index (κ3) is 4.18. The van der Waals surface area contributed by atoms with E-state index >= 15 is 0 Å². The maximum Gasteiger partial charge on any atom is 0.314 e. The van der Waals surface area contributed by atoms with Gasteiger partial charge in [-0.3, -0.25) is 0 Å². The summed E-state index contributed by atoms with van der Waals surface area (Å²) in [5, 5.41) is 5.47. The summed E-state index contributed by atoms with van der Waals surface area (Å²) in [5.74, 6) is 0.313. The van der Waals surface area contributed by atoms with Crippen molar-refractivity contribution in [2.45, 2.75) is 26.8 Å². The predicted octanol–water partition coefficient (Wildman–Crippen LogP) is 0.289. The average molecular weight is 173 g/mol. The van der Waals surface area contributed by atoms with Crippen molar-refractivity contribution in [3.8, 4) is 0 Å². The summed E-state index contributed by atoms with van der Waals surface area (Å²) in [6.07, 6.45) is 0. The van der Waals surface area contributed by atoms with Crippen LogP contribution < -0.4 is 16.4 Å². The van der Waals surface area contributed by atoms with Crippen molar-refractivity contribution in [1.29, 1.82) is 0 Å². The Kier molecular flexibility index (Phi) is 5.45. The standard InChI is InChI=1S/C8H19N3O/c1-4-10-8(12)11-7(3)6(2)5-9/h6-7H,4-5,9H2,1-3H3,(H2,10,11,12). The van der Waals surface area contributed by atoms with Gasteiger partial charge in [-0.25, -0.2) is 4.79 Å². The molecule has 12 heavy (non-hydrogen) atoms. The van der Waals surface area contributed by atoms with Gasteiger partial charge in [0.25, 0.3) is 0 Å². The lowest BCUT2D eigenvalue weighted by Gasteiger charge is -2.19. The number of carbonyl (C=O) groups excluding carboxylic acids is 1. The van der Waals surface area contributed by atoms with Crippen molar-refractivity contribution < 1.29 is 4.79 Å². The lowest BCUT2D eigenvalue weighted by Crippen LogP contribution is -2.44. The molecule has 0 saturated carbocycles. The van der Waals surface area contributed by atoms with Crippen molar-refractivity contribution in [2.24, 2.45) is 11.7 Å². The van der Waals surface area contributed by atoms with Gasteiger partial charge in [-0.1, -0.05) is 6.92 Å². The van der Waals surface area contributed by atoms with E-state index in [1.54, 1.807) is 0 Å². The molecule has 2 atom stereocenters. The topological polar surface area (TPSA) is 67.2 Å². The van der Waals surface area contributed by atoms with Crippen molar-refractivity contribution in [2.75, 3.05) is 13.1 Å². The third-order valence-corrected chi connectivity index (χ3v) is 1.92. The van der Waals surface area contributed by atoms with Gasteiger partial charge in [0.2, 0.25) is 0 Å². The highest BCUT2D eigenvalue weighted by molar-refractivity contribution is 5.74. The van der Waals surface area contributed by atoms with Crippen molar-refractivity contribution >= 4 is 6.03 Å². The van der Waals surface area contributed by atoms with Crippen LogP contribution in [0.5, 0.6) is 0 Å². The molecule has 0 saturated heterocycles. The fourth-order valence-corrected chi connectivity index (χ4v) is 0.765. The van der Waals surface area contributed by atoms with E-state index in [4.69, 9.17) is 5.73 Å². The van der Waals surface area contributed by atoms with Crippen LogP contribution in [0.4, 0.5) is 4.79 Å². The van der Waals surface area contributed by atoms with Crippen LogP contribution in [-0.2, 0) is 0 Å². The number of hydrogen-bond acceptors (Lipinski definition) is 2. The molecule has 2 amide bonds. The zero-order valence-electron chi connectivity index (χ0n) is 8.05. The number of urea groups is 1. The minimum Gasteiger partial charge on any atom is -0.338 e. The molecular weight excluding hydrogens is 154 g/mol. The summed E-state index contributed by atoms with van der Waals surface area (Å²) in [7, 11) is 0. The number of carbonyl (C=O) groups is 1. The Labute approximate surface area is 73.9 Å². The Morgan fingerprint density at radius 3 is 2.50 bits per heavy atom. The second-order valence-electron chi connectivity index (χ2n) is 3.01. The molecule has 0 aliphatic heterocycles. The van der Waals surface area contributed by atoms with Crippen LogP contribution in [0.15, 0.2) is 0 Å². The zero-order valence-corrected chi connectivity index (χ0v) is 8.05. The largest absolute Gasteiger partial charge is 0.338 e. The first-order chi connectivity index (χ1) is 5.61. The van der Waals surface area contributed by atoms with E-state index in [2.05, 4.69) is 10.6 Å². The molecule has 2 unspecified atom stereocenters. The van der Waals surface area contributed by atoms with E-state index in [0.717, 1.165) is 0 Å². The molecule has 0 spiro atoms. The molecule has 72 valence electrons. The van der Waals surface area contributed by atoms with Crippen molar-refractivity contribution in [3.05, 3.63) is 0 Å². The molecule has 0 aliphatic rings. The minimum atomic E-state index is -0.120. The first-order valence-corrected chi connectivity index (χ1v) is 4.36. The Morgan fingerprint density at radius 1 is 1.50 bits per heavy atom. The Hall–Kier alpha value is -0.770.